The van der Waals surface area contributed by atoms with E-state index >= 15 is 0 Å². The van der Waals surface area contributed by atoms with Crippen LogP contribution in [0.4, 0.5) is 0 Å². The summed E-state index contributed by atoms with van der Waals surface area (Å²) >= 11 is 3.54. The lowest BCUT2D eigenvalue weighted by molar-refractivity contribution is 0.0590. The summed E-state index contributed by atoms with van der Waals surface area (Å²) in [5.41, 5.74) is 8.69. The third-order valence-electron chi connectivity index (χ3n) is 4.61. The van der Waals surface area contributed by atoms with E-state index in [0.717, 1.165) is 26.7 Å². The Morgan fingerprint density at radius 1 is 1.18 bits per heavy atom. The molecule has 3 aromatic rings. The van der Waals surface area contributed by atoms with Gasteiger partial charge in [-0.3, -0.25) is 0 Å². The number of halogens is 1. The average Bonchev–Trinajstić information content (AvgIpc) is 3.06. The second kappa shape index (κ2) is 8.67. The van der Waals surface area contributed by atoms with Crippen LogP contribution in [0.5, 0.6) is 11.5 Å². The number of nitrogens with two attached hydrogens (primary N) is 1. The third kappa shape index (κ3) is 4.15. The molecule has 1 heterocycles. The molecule has 0 bridgehead atoms. The topological polar surface area (TPSA) is 75.7 Å². The molecule has 0 spiro atoms. The van der Waals surface area contributed by atoms with Crippen molar-refractivity contribution in [3.05, 3.63) is 58.2 Å². The molecule has 0 saturated heterocycles. The number of methoxy groups -OCH3 is 2. The zero-order valence-corrected chi connectivity index (χ0v) is 17.7. The minimum Gasteiger partial charge on any atom is -0.497 e. The van der Waals surface area contributed by atoms with Crippen molar-refractivity contribution < 1.29 is 19.0 Å². The van der Waals surface area contributed by atoms with Gasteiger partial charge in [-0.25, -0.2) is 4.79 Å². The van der Waals surface area contributed by atoms with Gasteiger partial charge in [0.05, 0.1) is 19.7 Å². The highest BCUT2D eigenvalue weighted by atomic mass is 79.9. The maximum absolute atomic E-state index is 12.0. The number of hydrogen-bond donors (Lipinski definition) is 1. The molecule has 0 unspecified atom stereocenters. The largest absolute Gasteiger partial charge is 0.497 e. The fourth-order valence-corrected chi connectivity index (χ4v) is 3.76. The number of fused-ring (bicyclic) bond motifs is 1. The lowest BCUT2D eigenvalue weighted by Gasteiger charge is -2.15. The number of aromatic nitrogens is 1. The van der Waals surface area contributed by atoms with Crippen molar-refractivity contribution in [1.82, 2.24) is 4.57 Å². The Balaban J connectivity index is 1.76. The molecule has 6 nitrogen and oxygen atoms in total. The van der Waals surface area contributed by atoms with Crippen molar-refractivity contribution in [3.8, 4) is 11.5 Å². The van der Waals surface area contributed by atoms with E-state index in [1.807, 2.05) is 43.4 Å². The second-order valence-electron chi connectivity index (χ2n) is 6.51. The van der Waals surface area contributed by atoms with Crippen LogP contribution in [-0.2, 0) is 18.2 Å². The summed E-state index contributed by atoms with van der Waals surface area (Å²) < 4.78 is 18.7. The standard InChI is InChI=1S/C21H23BrN2O4/c1-24-18(21(25)27-3)11-16-19(9-8-17(22)20(16)24)28-12-14(23)10-13-4-6-15(26-2)7-5-13/h4-9,11,14H,10,12,23H2,1-3H3/t14-/m0/s1. The zero-order valence-electron chi connectivity index (χ0n) is 16.1. The van der Waals surface area contributed by atoms with Crippen LogP contribution in [0.2, 0.25) is 0 Å². The minimum absolute atomic E-state index is 0.170. The van der Waals surface area contributed by atoms with Crippen molar-refractivity contribution in [2.24, 2.45) is 12.8 Å². The Labute approximate surface area is 172 Å². The highest BCUT2D eigenvalue weighted by Crippen LogP contribution is 2.34. The molecule has 0 saturated carbocycles. The van der Waals surface area contributed by atoms with Gasteiger partial charge in [0, 0.05) is 22.9 Å². The maximum atomic E-state index is 12.0. The molecule has 2 aromatic carbocycles. The minimum atomic E-state index is -0.396. The maximum Gasteiger partial charge on any atom is 0.354 e. The van der Waals surface area contributed by atoms with E-state index in [9.17, 15) is 4.79 Å². The van der Waals surface area contributed by atoms with Crippen molar-refractivity contribution >= 4 is 32.8 Å². The van der Waals surface area contributed by atoms with E-state index in [0.29, 0.717) is 24.5 Å². The second-order valence-corrected chi connectivity index (χ2v) is 7.37. The molecule has 28 heavy (non-hydrogen) atoms. The van der Waals surface area contributed by atoms with Gasteiger partial charge >= 0.3 is 5.97 Å². The summed E-state index contributed by atoms with van der Waals surface area (Å²) in [6.45, 7) is 0.352. The van der Waals surface area contributed by atoms with Gasteiger partial charge in [0.15, 0.2) is 0 Å². The zero-order chi connectivity index (χ0) is 20.3. The lowest BCUT2D eigenvalue weighted by atomic mass is 10.1. The van der Waals surface area contributed by atoms with E-state index in [4.69, 9.17) is 19.9 Å². The number of aryl methyl sites for hydroxylation is 1. The van der Waals surface area contributed by atoms with Crippen LogP contribution >= 0.6 is 15.9 Å². The summed E-state index contributed by atoms with van der Waals surface area (Å²) in [5.74, 6) is 1.10. The summed E-state index contributed by atoms with van der Waals surface area (Å²) in [7, 11) is 4.83. The van der Waals surface area contributed by atoms with Crippen molar-refractivity contribution in [2.75, 3.05) is 20.8 Å². The lowest BCUT2D eigenvalue weighted by Crippen LogP contribution is -2.30. The normalized spacial score (nSPS) is 12.0. The van der Waals surface area contributed by atoms with Crippen LogP contribution in [0, 0.1) is 0 Å². The molecule has 0 aliphatic heterocycles. The van der Waals surface area contributed by atoms with Crippen LogP contribution in [0.3, 0.4) is 0 Å². The fourth-order valence-electron chi connectivity index (χ4n) is 3.14. The predicted octanol–water partition coefficient (Wildman–Crippen LogP) is 3.68. The highest BCUT2D eigenvalue weighted by Gasteiger charge is 2.18. The molecule has 2 N–H and O–H groups in total. The van der Waals surface area contributed by atoms with Gasteiger partial charge in [0.25, 0.3) is 0 Å². The molecule has 0 aliphatic rings. The molecule has 0 fully saturated rings. The van der Waals surface area contributed by atoms with E-state index in [1.165, 1.54) is 7.11 Å². The molecular formula is C21H23BrN2O4. The van der Waals surface area contributed by atoms with Crippen molar-refractivity contribution in [2.45, 2.75) is 12.5 Å². The van der Waals surface area contributed by atoms with E-state index < -0.39 is 5.97 Å². The Morgan fingerprint density at radius 2 is 1.89 bits per heavy atom. The first-order valence-electron chi connectivity index (χ1n) is 8.82. The Morgan fingerprint density at radius 3 is 2.54 bits per heavy atom. The molecule has 1 aromatic heterocycles. The monoisotopic (exact) mass is 446 g/mol. The number of carbonyl (C=O) groups is 1. The average molecular weight is 447 g/mol. The third-order valence-corrected chi connectivity index (χ3v) is 5.25. The highest BCUT2D eigenvalue weighted by molar-refractivity contribution is 9.10. The van der Waals surface area contributed by atoms with E-state index in [-0.39, 0.29) is 6.04 Å². The number of rotatable bonds is 7. The van der Waals surface area contributed by atoms with Gasteiger partial charge in [0.2, 0.25) is 0 Å². The SMILES string of the molecule is COC(=O)c1cc2c(OC[C@@H](N)Cc3ccc(OC)cc3)ccc(Br)c2n1C. The first-order chi connectivity index (χ1) is 13.4. The summed E-state index contributed by atoms with van der Waals surface area (Å²) in [4.78, 5) is 12.0. The van der Waals surface area contributed by atoms with Gasteiger partial charge in [-0.1, -0.05) is 12.1 Å². The number of hydrogen-bond acceptors (Lipinski definition) is 5. The summed E-state index contributed by atoms with van der Waals surface area (Å²) in [5, 5.41) is 0.828. The van der Waals surface area contributed by atoms with Crippen LogP contribution < -0.4 is 15.2 Å². The summed E-state index contributed by atoms with van der Waals surface area (Å²) in [6.07, 6.45) is 0.686. The van der Waals surface area contributed by atoms with E-state index in [1.54, 1.807) is 17.7 Å². The smallest absolute Gasteiger partial charge is 0.354 e. The molecule has 3 rings (SSSR count). The van der Waals surface area contributed by atoms with Gasteiger partial charge in [-0.05, 0) is 58.2 Å². The Hall–Kier alpha value is -2.51. The molecule has 1 atom stereocenters. The number of benzene rings is 2. The molecular weight excluding hydrogens is 424 g/mol. The first kappa shape index (κ1) is 20.2. The van der Waals surface area contributed by atoms with Gasteiger partial charge in [-0.2, -0.15) is 0 Å². The fraction of sp³-hybridized carbons (Fsp3) is 0.286. The summed E-state index contributed by atoms with van der Waals surface area (Å²) in [6, 6.07) is 13.2. The molecule has 0 amide bonds. The molecule has 0 radical (unpaired) electrons. The van der Waals surface area contributed by atoms with Gasteiger partial charge in [0.1, 0.15) is 23.8 Å². The van der Waals surface area contributed by atoms with Crippen LogP contribution in [0.1, 0.15) is 16.1 Å². The number of ether oxygens (including phenoxy) is 3. The number of nitrogens with zero attached hydrogens (tertiary/aromatic N) is 1. The van der Waals surface area contributed by atoms with Crippen LogP contribution in [0.25, 0.3) is 10.9 Å². The van der Waals surface area contributed by atoms with Crippen LogP contribution in [0.15, 0.2) is 46.9 Å². The first-order valence-corrected chi connectivity index (χ1v) is 9.61. The van der Waals surface area contributed by atoms with Crippen molar-refractivity contribution in [1.29, 1.82) is 0 Å². The molecule has 0 aliphatic carbocycles. The van der Waals surface area contributed by atoms with Crippen molar-refractivity contribution in [3.63, 3.8) is 0 Å². The molecule has 148 valence electrons. The number of esters is 1. The van der Waals surface area contributed by atoms with Gasteiger partial charge in [-0.15, -0.1) is 0 Å². The number of carbonyl (C=O) groups excluding carboxylic acids is 1. The van der Waals surface area contributed by atoms with Gasteiger partial charge < -0.3 is 24.5 Å². The Bertz CT molecular complexity index is 982. The quantitative estimate of drug-likeness (QED) is 0.560. The predicted molar refractivity (Wildman–Crippen MR) is 112 cm³/mol. The molecule has 7 heteroatoms. The van der Waals surface area contributed by atoms with Crippen LogP contribution in [-0.4, -0.2) is 37.4 Å². The van der Waals surface area contributed by atoms with E-state index in [2.05, 4.69) is 15.9 Å². The Kier molecular flexibility index (Phi) is 6.26.